The van der Waals surface area contributed by atoms with Gasteiger partial charge in [-0.1, -0.05) is 0 Å². The minimum atomic E-state index is -0.104. The van der Waals surface area contributed by atoms with Crippen LogP contribution in [-0.2, 0) is 16.2 Å². The molecule has 3 rings (SSSR count). The molecule has 29 heavy (non-hydrogen) atoms. The summed E-state index contributed by atoms with van der Waals surface area (Å²) in [4.78, 5) is 14.4. The van der Waals surface area contributed by atoms with Crippen LogP contribution in [0.1, 0.15) is 39.7 Å². The van der Waals surface area contributed by atoms with Crippen molar-refractivity contribution in [2.45, 2.75) is 46.3 Å². The fraction of sp³-hybridized carbons (Fsp3) is 0.571. The first kappa shape index (κ1) is 21.5. The molecule has 0 amide bonds. The molecule has 1 aliphatic heterocycles. The normalized spacial score (nSPS) is 17.5. The standard InChI is InChI=1S/C21H30N4O3S/c1-5-28-20(26)17-7-6-12-23(13-17)14-24-21(29)25(15(2)3)19(22-24)16-8-10-18(27-4)11-9-16/h8-11,15,17H,5-7,12-14H2,1-4H3/t17-/m1/s1. The monoisotopic (exact) mass is 418 g/mol. The number of rotatable bonds is 7. The molecule has 7 nitrogen and oxygen atoms in total. The van der Waals surface area contributed by atoms with E-state index in [-0.39, 0.29) is 17.9 Å². The molecule has 0 bridgehead atoms. The summed E-state index contributed by atoms with van der Waals surface area (Å²) in [5.41, 5.74) is 0.993. The van der Waals surface area contributed by atoms with Crippen LogP contribution in [0.25, 0.3) is 11.4 Å². The molecule has 0 N–H and O–H groups in total. The van der Waals surface area contributed by atoms with Crippen molar-refractivity contribution in [3.63, 3.8) is 0 Å². The molecule has 1 atom stereocenters. The van der Waals surface area contributed by atoms with Crippen molar-refractivity contribution in [1.82, 2.24) is 19.2 Å². The van der Waals surface area contributed by atoms with Crippen LogP contribution in [0.2, 0.25) is 0 Å². The van der Waals surface area contributed by atoms with Gasteiger partial charge in [0.1, 0.15) is 5.75 Å². The van der Waals surface area contributed by atoms with Crippen LogP contribution in [0, 0.1) is 10.7 Å². The SMILES string of the molecule is CCOC(=O)[C@@H]1CCCN(Cn2nc(-c3ccc(OC)cc3)n(C(C)C)c2=S)C1. The van der Waals surface area contributed by atoms with E-state index in [0.29, 0.717) is 24.6 Å². The number of likely N-dealkylation sites (tertiary alicyclic amines) is 1. The van der Waals surface area contributed by atoms with Gasteiger partial charge in [-0.05, 0) is 76.6 Å². The summed E-state index contributed by atoms with van der Waals surface area (Å²) in [6.07, 6.45) is 1.84. The number of carbonyl (C=O) groups is 1. The molecule has 1 aromatic heterocycles. The maximum absolute atomic E-state index is 12.1. The Labute approximate surface area is 177 Å². The predicted octanol–water partition coefficient (Wildman–Crippen LogP) is 3.90. The smallest absolute Gasteiger partial charge is 0.310 e. The number of ether oxygens (including phenoxy) is 2. The molecule has 1 saturated heterocycles. The molecular weight excluding hydrogens is 388 g/mol. The minimum absolute atomic E-state index is 0.0777. The van der Waals surface area contributed by atoms with Gasteiger partial charge >= 0.3 is 5.97 Å². The van der Waals surface area contributed by atoms with E-state index in [4.69, 9.17) is 26.8 Å². The van der Waals surface area contributed by atoms with Crippen LogP contribution in [0.15, 0.2) is 24.3 Å². The molecule has 8 heteroatoms. The van der Waals surface area contributed by atoms with Crippen LogP contribution in [0.3, 0.4) is 0 Å². The Kier molecular flexibility index (Phi) is 7.08. The summed E-state index contributed by atoms with van der Waals surface area (Å²) < 4.78 is 15.1. The third-order valence-electron chi connectivity index (χ3n) is 5.19. The molecular formula is C21H30N4O3S. The van der Waals surface area contributed by atoms with Gasteiger partial charge in [0, 0.05) is 18.2 Å². The number of esters is 1. The number of piperidine rings is 1. The highest BCUT2D eigenvalue weighted by molar-refractivity contribution is 7.71. The Hall–Kier alpha value is -2.19. The summed E-state index contributed by atoms with van der Waals surface area (Å²) in [7, 11) is 1.65. The van der Waals surface area contributed by atoms with Crippen molar-refractivity contribution in [3.8, 4) is 17.1 Å². The average Bonchev–Trinajstić information content (AvgIpc) is 3.04. The van der Waals surface area contributed by atoms with Crippen LogP contribution in [0.5, 0.6) is 5.75 Å². The highest BCUT2D eigenvalue weighted by Crippen LogP contribution is 2.25. The van der Waals surface area contributed by atoms with E-state index in [0.717, 1.165) is 36.5 Å². The summed E-state index contributed by atoms with van der Waals surface area (Å²) in [5, 5.41) is 4.83. The number of nitrogens with zero attached hydrogens (tertiary/aromatic N) is 4. The van der Waals surface area contributed by atoms with Gasteiger partial charge in [0.15, 0.2) is 10.6 Å². The lowest BCUT2D eigenvalue weighted by molar-refractivity contribution is -0.150. The molecule has 0 spiro atoms. The molecule has 0 aliphatic carbocycles. The van der Waals surface area contributed by atoms with Crippen molar-refractivity contribution in [3.05, 3.63) is 29.0 Å². The molecule has 0 radical (unpaired) electrons. The Morgan fingerprint density at radius 2 is 2.03 bits per heavy atom. The van der Waals surface area contributed by atoms with Gasteiger partial charge < -0.3 is 9.47 Å². The van der Waals surface area contributed by atoms with Crippen LogP contribution in [-0.4, -0.2) is 52.0 Å². The predicted molar refractivity (Wildman–Crippen MR) is 114 cm³/mol. The van der Waals surface area contributed by atoms with Gasteiger partial charge in [0.25, 0.3) is 0 Å². The lowest BCUT2D eigenvalue weighted by Crippen LogP contribution is -2.40. The van der Waals surface area contributed by atoms with E-state index in [2.05, 4.69) is 23.3 Å². The molecule has 1 fully saturated rings. The number of methoxy groups -OCH3 is 1. The summed E-state index contributed by atoms with van der Waals surface area (Å²) in [5.74, 6) is 1.46. The van der Waals surface area contributed by atoms with E-state index < -0.39 is 0 Å². The van der Waals surface area contributed by atoms with E-state index in [1.807, 2.05) is 35.9 Å². The van der Waals surface area contributed by atoms with Gasteiger partial charge in [-0.3, -0.25) is 14.3 Å². The second-order valence-corrected chi connectivity index (χ2v) is 7.97. The number of benzene rings is 1. The molecule has 1 aliphatic rings. The first-order valence-electron chi connectivity index (χ1n) is 10.2. The van der Waals surface area contributed by atoms with Gasteiger partial charge in [-0.25, -0.2) is 4.68 Å². The maximum Gasteiger partial charge on any atom is 0.310 e. The molecule has 2 aromatic rings. The fourth-order valence-corrected chi connectivity index (χ4v) is 4.14. The van der Waals surface area contributed by atoms with Gasteiger partial charge in [0.2, 0.25) is 0 Å². The topological polar surface area (TPSA) is 61.5 Å². The van der Waals surface area contributed by atoms with Crippen molar-refractivity contribution in [1.29, 1.82) is 0 Å². The number of carbonyl (C=O) groups excluding carboxylic acids is 1. The number of aromatic nitrogens is 3. The zero-order chi connectivity index (χ0) is 21.0. The Bertz CT molecular complexity index is 888. The molecule has 2 heterocycles. The molecule has 158 valence electrons. The molecule has 0 saturated carbocycles. The Morgan fingerprint density at radius 1 is 1.31 bits per heavy atom. The minimum Gasteiger partial charge on any atom is -0.497 e. The quantitative estimate of drug-likeness (QED) is 0.502. The molecule has 0 unspecified atom stereocenters. The van der Waals surface area contributed by atoms with Crippen molar-refractivity contribution < 1.29 is 14.3 Å². The third kappa shape index (κ3) is 4.87. The number of hydrogen-bond acceptors (Lipinski definition) is 6. The Balaban J connectivity index is 1.84. The van der Waals surface area contributed by atoms with E-state index in [9.17, 15) is 4.79 Å². The number of hydrogen-bond donors (Lipinski definition) is 0. The van der Waals surface area contributed by atoms with Crippen LogP contribution >= 0.6 is 12.2 Å². The largest absolute Gasteiger partial charge is 0.497 e. The summed E-state index contributed by atoms with van der Waals surface area (Å²) >= 11 is 5.75. The average molecular weight is 419 g/mol. The Morgan fingerprint density at radius 3 is 2.66 bits per heavy atom. The third-order valence-corrected chi connectivity index (χ3v) is 5.60. The van der Waals surface area contributed by atoms with Crippen molar-refractivity contribution in [2.75, 3.05) is 26.8 Å². The van der Waals surface area contributed by atoms with Crippen LogP contribution < -0.4 is 4.74 Å². The van der Waals surface area contributed by atoms with E-state index >= 15 is 0 Å². The highest BCUT2D eigenvalue weighted by atomic mass is 32.1. The first-order valence-corrected chi connectivity index (χ1v) is 10.6. The molecule has 1 aromatic carbocycles. The summed E-state index contributed by atoms with van der Waals surface area (Å²) in [6.45, 7) is 8.63. The summed E-state index contributed by atoms with van der Waals surface area (Å²) in [6, 6.07) is 8.03. The lowest BCUT2D eigenvalue weighted by Gasteiger charge is -2.31. The van der Waals surface area contributed by atoms with Crippen molar-refractivity contribution >= 4 is 18.2 Å². The van der Waals surface area contributed by atoms with Gasteiger partial charge in [-0.15, -0.1) is 0 Å². The fourth-order valence-electron chi connectivity index (χ4n) is 3.74. The van der Waals surface area contributed by atoms with Crippen LogP contribution in [0.4, 0.5) is 0 Å². The second-order valence-electron chi connectivity index (χ2n) is 7.61. The van der Waals surface area contributed by atoms with Gasteiger partial charge in [0.05, 0.1) is 26.3 Å². The van der Waals surface area contributed by atoms with E-state index in [1.165, 1.54) is 0 Å². The second kappa shape index (κ2) is 9.54. The maximum atomic E-state index is 12.1. The van der Waals surface area contributed by atoms with Crippen molar-refractivity contribution in [2.24, 2.45) is 5.92 Å². The highest BCUT2D eigenvalue weighted by Gasteiger charge is 2.27. The lowest BCUT2D eigenvalue weighted by atomic mass is 9.99. The first-order chi connectivity index (χ1) is 13.9. The van der Waals surface area contributed by atoms with E-state index in [1.54, 1.807) is 7.11 Å². The zero-order valence-electron chi connectivity index (χ0n) is 17.6. The van der Waals surface area contributed by atoms with Gasteiger partial charge in [-0.2, -0.15) is 5.10 Å². The zero-order valence-corrected chi connectivity index (χ0v) is 18.4.